The summed E-state index contributed by atoms with van der Waals surface area (Å²) in [6.45, 7) is 8.11. The molecule has 0 fully saturated rings. The van der Waals surface area contributed by atoms with Gasteiger partial charge in [-0.2, -0.15) is 0 Å². The van der Waals surface area contributed by atoms with E-state index in [-0.39, 0.29) is 0 Å². The van der Waals surface area contributed by atoms with Crippen molar-refractivity contribution in [1.29, 1.82) is 0 Å². The molecule has 0 saturated carbocycles. The normalized spacial score (nSPS) is 11.2. The van der Waals surface area contributed by atoms with Crippen molar-refractivity contribution < 1.29 is 4.74 Å². The standard InChI is InChI=1S/C14H25N3O/c1-12(2)10-17(7-8-18-4)11-14-9-13(15-3)5-6-16-14/h5-6,9,12H,7-8,10-11H2,1-4H3,(H,15,16). The minimum Gasteiger partial charge on any atom is -0.388 e. The third-order valence-electron chi connectivity index (χ3n) is 2.73. The highest BCUT2D eigenvalue weighted by atomic mass is 16.5. The van der Waals surface area contributed by atoms with E-state index in [0.29, 0.717) is 5.92 Å². The van der Waals surface area contributed by atoms with E-state index in [0.717, 1.165) is 37.6 Å². The Hall–Kier alpha value is -1.13. The minimum atomic E-state index is 0.648. The monoisotopic (exact) mass is 251 g/mol. The van der Waals surface area contributed by atoms with Gasteiger partial charge >= 0.3 is 0 Å². The SMILES string of the molecule is CNc1ccnc(CN(CCOC)CC(C)C)c1. The zero-order valence-corrected chi connectivity index (χ0v) is 11.9. The first-order valence-corrected chi connectivity index (χ1v) is 6.49. The summed E-state index contributed by atoms with van der Waals surface area (Å²) in [6.07, 6.45) is 1.85. The van der Waals surface area contributed by atoms with Crippen molar-refractivity contribution in [2.75, 3.05) is 39.2 Å². The van der Waals surface area contributed by atoms with E-state index in [1.165, 1.54) is 0 Å². The van der Waals surface area contributed by atoms with Gasteiger partial charge in [0.15, 0.2) is 0 Å². The maximum Gasteiger partial charge on any atom is 0.0589 e. The van der Waals surface area contributed by atoms with Crippen LogP contribution in [0.4, 0.5) is 5.69 Å². The van der Waals surface area contributed by atoms with Crippen LogP contribution in [0.15, 0.2) is 18.3 Å². The summed E-state index contributed by atoms with van der Waals surface area (Å²) in [7, 11) is 3.67. The fourth-order valence-corrected chi connectivity index (χ4v) is 1.92. The molecule has 0 unspecified atom stereocenters. The number of nitrogens with zero attached hydrogens (tertiary/aromatic N) is 2. The first kappa shape index (κ1) is 14.9. The number of ether oxygens (including phenoxy) is 1. The van der Waals surface area contributed by atoms with Gasteiger partial charge in [0.2, 0.25) is 0 Å². The van der Waals surface area contributed by atoms with E-state index >= 15 is 0 Å². The zero-order chi connectivity index (χ0) is 13.4. The molecular formula is C14H25N3O. The predicted molar refractivity (Wildman–Crippen MR) is 75.8 cm³/mol. The number of pyridine rings is 1. The van der Waals surface area contributed by atoms with Crippen LogP contribution in [0.3, 0.4) is 0 Å². The molecule has 4 heteroatoms. The van der Waals surface area contributed by atoms with Crippen molar-refractivity contribution in [2.45, 2.75) is 20.4 Å². The number of aromatic nitrogens is 1. The van der Waals surface area contributed by atoms with Crippen molar-refractivity contribution in [1.82, 2.24) is 9.88 Å². The second-order valence-electron chi connectivity index (χ2n) is 4.91. The predicted octanol–water partition coefficient (Wildman–Crippen LogP) is 2.23. The molecule has 0 atom stereocenters. The van der Waals surface area contributed by atoms with Crippen molar-refractivity contribution in [3.63, 3.8) is 0 Å². The van der Waals surface area contributed by atoms with Crippen molar-refractivity contribution in [3.8, 4) is 0 Å². The number of anilines is 1. The molecule has 0 bridgehead atoms. The van der Waals surface area contributed by atoms with E-state index < -0.39 is 0 Å². The van der Waals surface area contributed by atoms with Crippen molar-refractivity contribution in [3.05, 3.63) is 24.0 Å². The van der Waals surface area contributed by atoms with Gasteiger partial charge in [-0.05, 0) is 18.1 Å². The molecule has 0 saturated heterocycles. The van der Waals surface area contributed by atoms with Crippen LogP contribution in [0.25, 0.3) is 0 Å². The topological polar surface area (TPSA) is 37.4 Å². The first-order valence-electron chi connectivity index (χ1n) is 6.49. The van der Waals surface area contributed by atoms with Crippen LogP contribution >= 0.6 is 0 Å². The van der Waals surface area contributed by atoms with Gasteiger partial charge < -0.3 is 10.1 Å². The number of hydrogen-bond acceptors (Lipinski definition) is 4. The molecule has 1 heterocycles. The average molecular weight is 251 g/mol. The molecule has 1 N–H and O–H groups in total. The molecule has 0 radical (unpaired) electrons. The molecular weight excluding hydrogens is 226 g/mol. The molecule has 102 valence electrons. The highest BCUT2D eigenvalue weighted by molar-refractivity contribution is 5.42. The van der Waals surface area contributed by atoms with E-state index in [1.54, 1.807) is 7.11 Å². The zero-order valence-electron chi connectivity index (χ0n) is 11.9. The number of rotatable bonds is 8. The molecule has 0 amide bonds. The Labute approximate surface area is 110 Å². The van der Waals surface area contributed by atoms with Gasteiger partial charge in [0.05, 0.1) is 12.3 Å². The van der Waals surface area contributed by atoms with E-state index in [4.69, 9.17) is 4.74 Å². The third-order valence-corrected chi connectivity index (χ3v) is 2.73. The second-order valence-corrected chi connectivity index (χ2v) is 4.91. The maximum absolute atomic E-state index is 5.16. The fraction of sp³-hybridized carbons (Fsp3) is 0.643. The largest absolute Gasteiger partial charge is 0.388 e. The lowest BCUT2D eigenvalue weighted by Gasteiger charge is -2.23. The Morgan fingerprint density at radius 3 is 2.83 bits per heavy atom. The summed E-state index contributed by atoms with van der Waals surface area (Å²) in [5.41, 5.74) is 2.20. The van der Waals surface area contributed by atoms with Gasteiger partial charge in [0, 0.05) is 45.7 Å². The van der Waals surface area contributed by atoms with E-state index in [1.807, 2.05) is 19.3 Å². The minimum absolute atomic E-state index is 0.648. The van der Waals surface area contributed by atoms with Gasteiger partial charge in [-0.1, -0.05) is 13.8 Å². The van der Waals surface area contributed by atoms with Crippen LogP contribution < -0.4 is 5.32 Å². The number of nitrogens with one attached hydrogen (secondary N) is 1. The van der Waals surface area contributed by atoms with Crippen LogP contribution in [0, 0.1) is 5.92 Å². The average Bonchev–Trinajstić information content (AvgIpc) is 2.35. The second kappa shape index (κ2) is 8.06. The summed E-state index contributed by atoms with van der Waals surface area (Å²) >= 11 is 0. The highest BCUT2D eigenvalue weighted by Crippen LogP contribution is 2.10. The Kier molecular flexibility index (Phi) is 6.68. The molecule has 4 nitrogen and oxygen atoms in total. The summed E-state index contributed by atoms with van der Waals surface area (Å²) in [5, 5.41) is 3.14. The van der Waals surface area contributed by atoms with Crippen molar-refractivity contribution >= 4 is 5.69 Å². The molecule has 0 aliphatic rings. The molecule has 1 rings (SSSR count). The maximum atomic E-state index is 5.16. The van der Waals surface area contributed by atoms with Crippen LogP contribution in [-0.4, -0.2) is 43.7 Å². The highest BCUT2D eigenvalue weighted by Gasteiger charge is 2.09. The van der Waals surface area contributed by atoms with Crippen LogP contribution in [-0.2, 0) is 11.3 Å². The number of methoxy groups -OCH3 is 1. The van der Waals surface area contributed by atoms with Gasteiger partial charge in [0.1, 0.15) is 0 Å². The van der Waals surface area contributed by atoms with Gasteiger partial charge in [-0.15, -0.1) is 0 Å². The first-order chi connectivity index (χ1) is 8.65. The molecule has 1 aromatic rings. The van der Waals surface area contributed by atoms with Gasteiger partial charge in [0.25, 0.3) is 0 Å². The Morgan fingerprint density at radius 2 is 2.22 bits per heavy atom. The Morgan fingerprint density at radius 1 is 1.44 bits per heavy atom. The van der Waals surface area contributed by atoms with Crippen molar-refractivity contribution in [2.24, 2.45) is 5.92 Å². The summed E-state index contributed by atoms with van der Waals surface area (Å²) in [5.74, 6) is 0.648. The Balaban J connectivity index is 2.62. The van der Waals surface area contributed by atoms with E-state index in [2.05, 4.69) is 35.1 Å². The third kappa shape index (κ3) is 5.47. The molecule has 1 aromatic heterocycles. The van der Waals surface area contributed by atoms with Gasteiger partial charge in [-0.3, -0.25) is 9.88 Å². The lowest BCUT2D eigenvalue weighted by atomic mass is 10.2. The smallest absolute Gasteiger partial charge is 0.0589 e. The lowest BCUT2D eigenvalue weighted by Crippen LogP contribution is -2.30. The quantitative estimate of drug-likeness (QED) is 0.769. The molecule has 18 heavy (non-hydrogen) atoms. The summed E-state index contributed by atoms with van der Waals surface area (Å²) in [6, 6.07) is 4.07. The molecule has 0 aliphatic heterocycles. The number of hydrogen-bond donors (Lipinski definition) is 1. The Bertz CT molecular complexity index is 342. The fourth-order valence-electron chi connectivity index (χ4n) is 1.92. The molecule has 0 aliphatic carbocycles. The van der Waals surface area contributed by atoms with Crippen LogP contribution in [0.2, 0.25) is 0 Å². The lowest BCUT2D eigenvalue weighted by molar-refractivity contribution is 0.135. The van der Waals surface area contributed by atoms with E-state index in [9.17, 15) is 0 Å². The summed E-state index contributed by atoms with van der Waals surface area (Å²) in [4.78, 5) is 6.80. The van der Waals surface area contributed by atoms with Crippen LogP contribution in [0.5, 0.6) is 0 Å². The summed E-state index contributed by atoms with van der Waals surface area (Å²) < 4.78 is 5.16. The molecule has 0 aromatic carbocycles. The van der Waals surface area contributed by atoms with Crippen LogP contribution in [0.1, 0.15) is 19.5 Å². The van der Waals surface area contributed by atoms with Gasteiger partial charge in [-0.25, -0.2) is 0 Å². The molecule has 0 spiro atoms.